The highest BCUT2D eigenvalue weighted by atomic mass is 16.6. The molecule has 0 aromatic rings. The van der Waals surface area contributed by atoms with Crippen molar-refractivity contribution in [2.24, 2.45) is 16.5 Å². The van der Waals surface area contributed by atoms with Crippen molar-refractivity contribution in [3.63, 3.8) is 0 Å². The molecule has 2 atom stereocenters. The molecule has 0 aromatic carbocycles. The van der Waals surface area contributed by atoms with Crippen molar-refractivity contribution >= 4 is 12.2 Å². The maximum Gasteiger partial charge on any atom is 0.331 e. The molecule has 0 fully saturated rings. The fourth-order valence-electron chi connectivity index (χ4n) is 1.87. The molecule has 2 unspecified atom stereocenters. The minimum atomic E-state index is -0.548. The second kappa shape index (κ2) is 6.19. The molecule has 108 valence electrons. The number of ether oxygens (including phenoxy) is 1. The summed E-state index contributed by atoms with van der Waals surface area (Å²) < 4.78 is 5.26. The van der Waals surface area contributed by atoms with E-state index >= 15 is 0 Å². The second-order valence-electron chi connectivity index (χ2n) is 5.97. The van der Waals surface area contributed by atoms with Gasteiger partial charge in [-0.15, -0.1) is 0 Å². The molecule has 5 nitrogen and oxygen atoms in total. The van der Waals surface area contributed by atoms with Crippen LogP contribution in [0.3, 0.4) is 0 Å². The Morgan fingerprint density at radius 2 is 2.16 bits per heavy atom. The Kier molecular flexibility index (Phi) is 5.11. The van der Waals surface area contributed by atoms with Crippen LogP contribution in [-0.2, 0) is 9.53 Å². The molecule has 1 rings (SSSR count). The summed E-state index contributed by atoms with van der Waals surface area (Å²) in [5, 5.41) is 0. The molecule has 1 aliphatic carbocycles. The van der Waals surface area contributed by atoms with Gasteiger partial charge in [-0.25, -0.2) is 4.79 Å². The molecule has 0 amide bonds. The molecule has 0 saturated heterocycles. The average Bonchev–Trinajstić information content (AvgIpc) is 2.25. The number of carbonyl (C=O) groups excluding carboxylic acids is 1. The van der Waals surface area contributed by atoms with Crippen LogP contribution in [0.4, 0.5) is 0 Å². The Hall–Kier alpha value is -1.36. The van der Waals surface area contributed by atoms with Gasteiger partial charge >= 0.3 is 5.97 Å². The zero-order chi connectivity index (χ0) is 14.6. The predicted molar refractivity (Wildman–Crippen MR) is 76.8 cm³/mol. The van der Waals surface area contributed by atoms with Gasteiger partial charge in [0.2, 0.25) is 0 Å². The fraction of sp³-hybridized carbons (Fsp3) is 0.714. The first-order valence-corrected chi connectivity index (χ1v) is 6.71. The largest absolute Gasteiger partial charge is 0.458 e. The molecule has 0 aromatic heterocycles. The molecule has 0 spiro atoms. The van der Waals surface area contributed by atoms with Gasteiger partial charge in [-0.05, 0) is 47.0 Å². The number of hydrogen-bond acceptors (Lipinski definition) is 5. The molecular weight excluding hydrogens is 242 g/mol. The molecular formula is C14H25N3O2. The van der Waals surface area contributed by atoms with Crippen molar-refractivity contribution in [3.05, 3.63) is 11.3 Å². The van der Waals surface area contributed by atoms with Crippen LogP contribution < -0.4 is 11.5 Å². The number of carbonyl (C=O) groups is 1. The third-order valence-electron chi connectivity index (χ3n) is 2.92. The van der Waals surface area contributed by atoms with Crippen LogP contribution in [-0.4, -0.2) is 29.9 Å². The van der Waals surface area contributed by atoms with Crippen molar-refractivity contribution in [3.8, 4) is 0 Å². The lowest BCUT2D eigenvalue weighted by Gasteiger charge is -2.22. The summed E-state index contributed by atoms with van der Waals surface area (Å²) >= 11 is 0. The lowest BCUT2D eigenvalue weighted by atomic mass is 9.93. The molecule has 5 heteroatoms. The van der Waals surface area contributed by atoms with E-state index in [9.17, 15) is 4.79 Å². The fourth-order valence-corrected chi connectivity index (χ4v) is 1.87. The van der Waals surface area contributed by atoms with Crippen molar-refractivity contribution in [1.29, 1.82) is 0 Å². The summed E-state index contributed by atoms with van der Waals surface area (Å²) in [6.45, 7) is 7.20. The zero-order valence-electron chi connectivity index (χ0n) is 12.3. The Morgan fingerprint density at radius 1 is 1.53 bits per heavy atom. The number of nitrogens with two attached hydrogens (primary N) is 2. The topological polar surface area (TPSA) is 90.7 Å². The van der Waals surface area contributed by atoms with E-state index in [1.165, 1.54) is 0 Å². The van der Waals surface area contributed by atoms with Gasteiger partial charge in [-0.2, -0.15) is 0 Å². The Labute approximate surface area is 115 Å². The summed E-state index contributed by atoms with van der Waals surface area (Å²) in [4.78, 5) is 16.0. The highest BCUT2D eigenvalue weighted by Crippen LogP contribution is 2.19. The quantitative estimate of drug-likeness (QED) is 0.599. The first-order chi connectivity index (χ1) is 8.70. The highest BCUT2D eigenvalue weighted by Gasteiger charge is 2.22. The normalized spacial score (nSPS) is 22.7. The average molecular weight is 267 g/mol. The maximum atomic E-state index is 11.8. The Bertz CT molecular complexity index is 394. The molecule has 0 heterocycles. The number of nitrogens with zero attached hydrogens (tertiary/aromatic N) is 1. The minimum Gasteiger partial charge on any atom is -0.458 e. The number of esters is 1. The van der Waals surface area contributed by atoms with Crippen molar-refractivity contribution < 1.29 is 9.53 Å². The Morgan fingerprint density at radius 3 is 2.68 bits per heavy atom. The van der Waals surface area contributed by atoms with Gasteiger partial charge in [0, 0.05) is 23.5 Å². The van der Waals surface area contributed by atoms with Crippen LogP contribution >= 0.6 is 0 Å². The summed E-state index contributed by atoms with van der Waals surface area (Å²) in [6, 6.07) is -0.628. The van der Waals surface area contributed by atoms with E-state index in [2.05, 4.69) is 4.99 Å². The van der Waals surface area contributed by atoms with Gasteiger partial charge in [0.05, 0.1) is 0 Å². The third-order valence-corrected chi connectivity index (χ3v) is 2.92. The van der Waals surface area contributed by atoms with Gasteiger partial charge in [0.15, 0.2) is 0 Å². The van der Waals surface area contributed by atoms with Crippen LogP contribution in [0.5, 0.6) is 0 Å². The van der Waals surface area contributed by atoms with E-state index in [-0.39, 0.29) is 12.0 Å². The molecule has 0 radical (unpaired) electrons. The van der Waals surface area contributed by atoms with E-state index < -0.39 is 11.6 Å². The lowest BCUT2D eigenvalue weighted by molar-refractivity contribution is -0.155. The van der Waals surface area contributed by atoms with Crippen LogP contribution in [0.1, 0.15) is 47.0 Å². The van der Waals surface area contributed by atoms with Crippen molar-refractivity contribution in [2.45, 2.75) is 64.6 Å². The van der Waals surface area contributed by atoms with Gasteiger partial charge in [-0.3, -0.25) is 4.99 Å². The van der Waals surface area contributed by atoms with Gasteiger partial charge in [0.1, 0.15) is 11.6 Å². The lowest BCUT2D eigenvalue weighted by Crippen LogP contribution is -2.31. The number of rotatable bonds is 3. The third kappa shape index (κ3) is 5.03. The van der Waals surface area contributed by atoms with Crippen LogP contribution in [0.2, 0.25) is 0 Å². The van der Waals surface area contributed by atoms with E-state index in [0.717, 1.165) is 30.5 Å². The maximum absolute atomic E-state index is 11.8. The van der Waals surface area contributed by atoms with Crippen molar-refractivity contribution in [1.82, 2.24) is 0 Å². The summed E-state index contributed by atoms with van der Waals surface area (Å²) in [7, 11) is 0. The first-order valence-electron chi connectivity index (χ1n) is 6.71. The van der Waals surface area contributed by atoms with Crippen LogP contribution in [0.25, 0.3) is 0 Å². The standard InChI is InChI=1S/C14H25N3O2/c1-9(13(18)19-14(2,3)4)17-8-10-11(15)6-5-7-12(10)16/h8-9,11H,5-7,15-16H2,1-4H3. The summed E-state index contributed by atoms with van der Waals surface area (Å²) in [6.07, 6.45) is 4.39. The second-order valence-corrected chi connectivity index (χ2v) is 5.97. The van der Waals surface area contributed by atoms with Crippen LogP contribution in [0, 0.1) is 0 Å². The number of hydrogen-bond donors (Lipinski definition) is 2. The van der Waals surface area contributed by atoms with Crippen molar-refractivity contribution in [2.75, 3.05) is 0 Å². The highest BCUT2D eigenvalue weighted by molar-refractivity contribution is 5.85. The van der Waals surface area contributed by atoms with Gasteiger partial charge in [-0.1, -0.05) is 0 Å². The molecule has 0 aliphatic heterocycles. The molecule has 19 heavy (non-hydrogen) atoms. The molecule has 4 N–H and O–H groups in total. The van der Waals surface area contributed by atoms with E-state index in [4.69, 9.17) is 16.2 Å². The monoisotopic (exact) mass is 267 g/mol. The number of aliphatic imine (C=N–C) groups is 1. The van der Waals surface area contributed by atoms with Crippen LogP contribution in [0.15, 0.2) is 16.3 Å². The Balaban J connectivity index is 2.68. The minimum absolute atomic E-state index is 0.0802. The molecule has 0 bridgehead atoms. The SMILES string of the molecule is CC(N=CC1=C(N)CCCC1N)C(=O)OC(C)(C)C. The molecule has 1 aliphatic rings. The van der Waals surface area contributed by atoms with E-state index in [1.807, 2.05) is 20.8 Å². The number of allylic oxidation sites excluding steroid dienone is 1. The summed E-state index contributed by atoms with van der Waals surface area (Å²) in [5.74, 6) is -0.340. The van der Waals surface area contributed by atoms with E-state index in [0.29, 0.717) is 0 Å². The zero-order valence-corrected chi connectivity index (χ0v) is 12.3. The predicted octanol–water partition coefficient (Wildman–Crippen LogP) is 1.51. The molecule has 0 saturated carbocycles. The first kappa shape index (κ1) is 15.7. The smallest absolute Gasteiger partial charge is 0.331 e. The summed E-state index contributed by atoms with van der Waals surface area (Å²) in [5.41, 5.74) is 13.0. The van der Waals surface area contributed by atoms with Gasteiger partial charge in [0.25, 0.3) is 0 Å². The van der Waals surface area contributed by atoms with E-state index in [1.54, 1.807) is 13.1 Å². The van der Waals surface area contributed by atoms with Gasteiger partial charge < -0.3 is 16.2 Å².